The molecule has 134 valence electrons. The molecule has 0 radical (unpaired) electrons. The van der Waals surface area contributed by atoms with Gasteiger partial charge >= 0.3 is 0 Å². The minimum atomic E-state index is -0.451. The number of fused-ring (bicyclic) bond motifs is 1. The lowest BCUT2D eigenvalue weighted by Gasteiger charge is -2.38. The standard InChI is InChI=1S/C19H24FN3O2/c1-19(2,12-23-8-4-5-9-23)22(3)18(25)15-11-13-10-14(20)6-7-16(13)21-17(15)24/h6-7,10-11H,4-5,8-9,12H2,1-3H3,(H,21,24). The van der Waals surface area contributed by atoms with Crippen LogP contribution in [-0.2, 0) is 0 Å². The summed E-state index contributed by atoms with van der Waals surface area (Å²) in [5.41, 5.74) is -0.310. The van der Waals surface area contributed by atoms with E-state index in [0.717, 1.165) is 19.6 Å². The summed E-state index contributed by atoms with van der Waals surface area (Å²) in [6.07, 6.45) is 2.37. The number of pyridine rings is 1. The highest BCUT2D eigenvalue weighted by atomic mass is 19.1. The van der Waals surface area contributed by atoms with Crippen LogP contribution < -0.4 is 5.56 Å². The summed E-state index contributed by atoms with van der Waals surface area (Å²) < 4.78 is 13.5. The Hall–Kier alpha value is -2.21. The third-order valence-electron chi connectivity index (χ3n) is 5.06. The number of hydrogen-bond acceptors (Lipinski definition) is 3. The molecule has 1 aliphatic heterocycles. The fourth-order valence-corrected chi connectivity index (χ4v) is 3.39. The molecular weight excluding hydrogens is 321 g/mol. The molecule has 0 saturated carbocycles. The molecule has 25 heavy (non-hydrogen) atoms. The first-order chi connectivity index (χ1) is 11.8. The monoisotopic (exact) mass is 345 g/mol. The van der Waals surface area contributed by atoms with Crippen molar-refractivity contribution in [2.45, 2.75) is 32.2 Å². The van der Waals surface area contributed by atoms with Crippen molar-refractivity contribution in [3.05, 3.63) is 46.0 Å². The average Bonchev–Trinajstić information content (AvgIpc) is 3.05. The smallest absolute Gasteiger partial charge is 0.261 e. The van der Waals surface area contributed by atoms with Crippen molar-refractivity contribution in [1.82, 2.24) is 14.8 Å². The summed E-state index contributed by atoms with van der Waals surface area (Å²) >= 11 is 0. The molecule has 2 aromatic rings. The van der Waals surface area contributed by atoms with Crippen molar-refractivity contribution in [1.29, 1.82) is 0 Å². The molecule has 1 saturated heterocycles. The molecule has 1 aromatic carbocycles. The Morgan fingerprint density at radius 1 is 1.28 bits per heavy atom. The van der Waals surface area contributed by atoms with Gasteiger partial charge in [0.05, 0.1) is 0 Å². The van der Waals surface area contributed by atoms with Crippen molar-refractivity contribution in [2.24, 2.45) is 0 Å². The maximum absolute atomic E-state index is 13.5. The second kappa shape index (κ2) is 6.59. The minimum absolute atomic E-state index is 0.0371. The van der Waals surface area contributed by atoms with Gasteiger partial charge in [-0.2, -0.15) is 0 Å². The number of aromatic nitrogens is 1. The summed E-state index contributed by atoms with van der Waals surface area (Å²) in [6, 6.07) is 5.58. The van der Waals surface area contributed by atoms with E-state index in [4.69, 9.17) is 0 Å². The molecule has 1 fully saturated rings. The van der Waals surface area contributed by atoms with Gasteiger partial charge in [0, 0.05) is 30.0 Å². The zero-order valence-electron chi connectivity index (χ0n) is 14.9. The van der Waals surface area contributed by atoms with Gasteiger partial charge < -0.3 is 14.8 Å². The van der Waals surface area contributed by atoms with E-state index in [1.165, 1.54) is 37.1 Å². The zero-order valence-corrected chi connectivity index (χ0v) is 14.9. The van der Waals surface area contributed by atoms with Crippen molar-refractivity contribution in [3.8, 4) is 0 Å². The van der Waals surface area contributed by atoms with Crippen LogP contribution in [0, 0.1) is 5.82 Å². The third kappa shape index (κ3) is 3.58. The summed E-state index contributed by atoms with van der Waals surface area (Å²) in [4.78, 5) is 31.9. The van der Waals surface area contributed by atoms with Crippen molar-refractivity contribution in [2.75, 3.05) is 26.7 Å². The Balaban J connectivity index is 1.89. The van der Waals surface area contributed by atoms with Crippen LogP contribution in [0.25, 0.3) is 10.9 Å². The van der Waals surface area contributed by atoms with Crippen molar-refractivity contribution >= 4 is 16.8 Å². The van der Waals surface area contributed by atoms with Gasteiger partial charge in [-0.25, -0.2) is 4.39 Å². The molecule has 1 aromatic heterocycles. The van der Waals surface area contributed by atoms with Gasteiger partial charge in [-0.1, -0.05) is 0 Å². The second-order valence-electron chi connectivity index (χ2n) is 7.40. The van der Waals surface area contributed by atoms with Crippen LogP contribution in [0.1, 0.15) is 37.0 Å². The topological polar surface area (TPSA) is 56.4 Å². The maximum Gasteiger partial charge on any atom is 0.261 e. The van der Waals surface area contributed by atoms with E-state index in [1.807, 2.05) is 13.8 Å². The lowest BCUT2D eigenvalue weighted by Crippen LogP contribution is -2.52. The number of carbonyl (C=O) groups excluding carboxylic acids is 1. The molecule has 2 heterocycles. The van der Waals surface area contributed by atoms with Gasteiger partial charge in [0.1, 0.15) is 11.4 Å². The molecule has 0 atom stereocenters. The zero-order chi connectivity index (χ0) is 18.2. The highest BCUT2D eigenvalue weighted by Crippen LogP contribution is 2.20. The molecule has 0 bridgehead atoms. The molecule has 0 spiro atoms. The van der Waals surface area contributed by atoms with Crippen molar-refractivity contribution < 1.29 is 9.18 Å². The van der Waals surface area contributed by atoms with Gasteiger partial charge in [0.25, 0.3) is 11.5 Å². The molecular formula is C19H24FN3O2. The summed E-state index contributed by atoms with van der Waals surface area (Å²) in [7, 11) is 1.72. The number of aromatic amines is 1. The van der Waals surface area contributed by atoms with Crippen LogP contribution in [0.4, 0.5) is 4.39 Å². The van der Waals surface area contributed by atoms with Crippen LogP contribution in [0.3, 0.4) is 0 Å². The molecule has 3 rings (SSSR count). The molecule has 6 heteroatoms. The third-order valence-corrected chi connectivity index (χ3v) is 5.06. The van der Waals surface area contributed by atoms with E-state index in [2.05, 4.69) is 9.88 Å². The predicted molar refractivity (Wildman–Crippen MR) is 96.4 cm³/mol. The van der Waals surface area contributed by atoms with E-state index in [0.29, 0.717) is 10.9 Å². The number of benzene rings is 1. The predicted octanol–water partition coefficient (Wildman–Crippen LogP) is 2.61. The van der Waals surface area contributed by atoms with Gasteiger partial charge in [-0.15, -0.1) is 0 Å². The summed E-state index contributed by atoms with van der Waals surface area (Å²) in [5.74, 6) is -0.753. The number of halogens is 1. The van der Waals surface area contributed by atoms with Gasteiger partial charge in [-0.05, 0) is 64.0 Å². The van der Waals surface area contributed by atoms with Crippen LogP contribution in [0.5, 0.6) is 0 Å². The molecule has 5 nitrogen and oxygen atoms in total. The number of rotatable bonds is 4. The number of hydrogen-bond donors (Lipinski definition) is 1. The van der Waals surface area contributed by atoms with E-state index in [1.54, 1.807) is 11.9 Å². The van der Waals surface area contributed by atoms with E-state index >= 15 is 0 Å². The number of amides is 1. The fraction of sp³-hybridized carbons (Fsp3) is 0.474. The maximum atomic E-state index is 13.5. The van der Waals surface area contributed by atoms with Crippen molar-refractivity contribution in [3.63, 3.8) is 0 Å². The van der Waals surface area contributed by atoms with E-state index in [9.17, 15) is 14.0 Å². The van der Waals surface area contributed by atoms with Crippen LogP contribution >= 0.6 is 0 Å². The number of H-pyrrole nitrogens is 1. The minimum Gasteiger partial charge on any atom is -0.335 e. The first-order valence-corrected chi connectivity index (χ1v) is 8.61. The lowest BCUT2D eigenvalue weighted by molar-refractivity contribution is 0.0554. The first-order valence-electron chi connectivity index (χ1n) is 8.61. The molecule has 0 aliphatic carbocycles. The Bertz CT molecular complexity index is 853. The Labute approximate surface area is 146 Å². The van der Waals surface area contributed by atoms with E-state index in [-0.39, 0.29) is 11.5 Å². The van der Waals surface area contributed by atoms with Crippen LogP contribution in [0.2, 0.25) is 0 Å². The Morgan fingerprint density at radius 2 is 1.96 bits per heavy atom. The fourth-order valence-electron chi connectivity index (χ4n) is 3.39. The number of nitrogens with one attached hydrogen (secondary N) is 1. The van der Waals surface area contributed by atoms with E-state index < -0.39 is 16.9 Å². The Kier molecular flexibility index (Phi) is 4.64. The average molecular weight is 345 g/mol. The SMILES string of the molecule is CN(C(=O)c1cc2cc(F)ccc2[nH]c1=O)C(C)(C)CN1CCCC1. The van der Waals surface area contributed by atoms with Gasteiger partial charge in [-0.3, -0.25) is 9.59 Å². The number of likely N-dealkylation sites (tertiary alicyclic amines) is 1. The molecule has 1 amide bonds. The normalized spacial score (nSPS) is 15.7. The van der Waals surface area contributed by atoms with Crippen LogP contribution in [-0.4, -0.2) is 52.9 Å². The lowest BCUT2D eigenvalue weighted by atomic mass is 10.0. The largest absolute Gasteiger partial charge is 0.335 e. The first kappa shape index (κ1) is 17.6. The highest BCUT2D eigenvalue weighted by Gasteiger charge is 2.32. The summed E-state index contributed by atoms with van der Waals surface area (Å²) in [6.45, 7) is 6.84. The van der Waals surface area contributed by atoms with Gasteiger partial charge in [0.15, 0.2) is 0 Å². The highest BCUT2D eigenvalue weighted by molar-refractivity contribution is 5.97. The number of carbonyl (C=O) groups is 1. The van der Waals surface area contributed by atoms with Crippen LogP contribution in [0.15, 0.2) is 29.1 Å². The second-order valence-corrected chi connectivity index (χ2v) is 7.40. The molecule has 1 aliphatic rings. The quantitative estimate of drug-likeness (QED) is 0.927. The Morgan fingerprint density at radius 3 is 2.64 bits per heavy atom. The number of nitrogens with zero attached hydrogens (tertiary/aromatic N) is 2. The molecule has 0 unspecified atom stereocenters. The number of likely N-dealkylation sites (N-methyl/N-ethyl adjacent to an activating group) is 1. The molecule has 1 N–H and O–H groups in total. The van der Waals surface area contributed by atoms with Gasteiger partial charge in [0.2, 0.25) is 0 Å². The summed E-state index contributed by atoms with van der Waals surface area (Å²) in [5, 5.41) is 0.508.